The van der Waals surface area contributed by atoms with Gasteiger partial charge in [-0.25, -0.2) is 0 Å². The summed E-state index contributed by atoms with van der Waals surface area (Å²) in [5.41, 5.74) is 0.442. The minimum atomic E-state index is 0.442. The van der Waals surface area contributed by atoms with Crippen molar-refractivity contribution in [3.05, 3.63) is 0 Å². The van der Waals surface area contributed by atoms with Crippen LogP contribution >= 0.6 is 15.9 Å². The van der Waals surface area contributed by atoms with Crippen molar-refractivity contribution in [3.8, 4) is 0 Å². The van der Waals surface area contributed by atoms with E-state index < -0.39 is 0 Å². The first-order valence-electron chi connectivity index (χ1n) is 6.55. The highest BCUT2D eigenvalue weighted by Crippen LogP contribution is 2.34. The maximum atomic E-state index is 5.49. The summed E-state index contributed by atoms with van der Waals surface area (Å²) < 4.78 is 5.49. The fourth-order valence-corrected chi connectivity index (χ4v) is 3.14. The third-order valence-electron chi connectivity index (χ3n) is 4.00. The maximum absolute atomic E-state index is 5.49. The van der Waals surface area contributed by atoms with Gasteiger partial charge in [-0.15, -0.1) is 0 Å². The van der Waals surface area contributed by atoms with Crippen molar-refractivity contribution in [2.45, 2.75) is 46.1 Å². The topological polar surface area (TPSA) is 12.5 Å². The zero-order valence-corrected chi connectivity index (χ0v) is 12.6. The largest absolute Gasteiger partial charge is 0.381 e. The van der Waals surface area contributed by atoms with Crippen LogP contribution in [-0.2, 0) is 4.74 Å². The normalized spacial score (nSPS) is 22.3. The molecule has 16 heavy (non-hydrogen) atoms. The van der Waals surface area contributed by atoms with E-state index in [0.717, 1.165) is 25.1 Å². The third-order valence-corrected chi connectivity index (χ3v) is 5.19. The van der Waals surface area contributed by atoms with Crippen LogP contribution in [0.4, 0.5) is 0 Å². The highest BCUT2D eigenvalue weighted by Gasteiger charge is 2.33. The van der Waals surface area contributed by atoms with Crippen molar-refractivity contribution in [2.24, 2.45) is 5.41 Å². The zero-order valence-electron chi connectivity index (χ0n) is 11.0. The van der Waals surface area contributed by atoms with Crippen molar-refractivity contribution in [2.75, 3.05) is 31.6 Å². The Morgan fingerprint density at radius 1 is 1.31 bits per heavy atom. The van der Waals surface area contributed by atoms with Crippen molar-refractivity contribution in [1.82, 2.24) is 4.90 Å². The van der Waals surface area contributed by atoms with Gasteiger partial charge >= 0.3 is 0 Å². The van der Waals surface area contributed by atoms with Crippen LogP contribution in [0.25, 0.3) is 0 Å². The maximum Gasteiger partial charge on any atom is 0.0472 e. The molecule has 0 saturated carbocycles. The SMILES string of the molecule is CCC(C)N(CC)CC1(CBr)CCOCC1. The fraction of sp³-hybridized carbons (Fsp3) is 1.00. The molecule has 0 N–H and O–H groups in total. The standard InChI is InChI=1S/C13H26BrNO/c1-4-12(3)15(5-2)11-13(10-14)6-8-16-9-7-13/h12H,4-11H2,1-3H3. The van der Waals surface area contributed by atoms with Gasteiger partial charge in [0.25, 0.3) is 0 Å². The highest BCUT2D eigenvalue weighted by molar-refractivity contribution is 9.09. The summed E-state index contributed by atoms with van der Waals surface area (Å²) in [6, 6.07) is 0.698. The number of hydrogen-bond acceptors (Lipinski definition) is 2. The van der Waals surface area contributed by atoms with Crippen LogP contribution in [0, 0.1) is 5.41 Å². The van der Waals surface area contributed by atoms with E-state index in [1.54, 1.807) is 0 Å². The van der Waals surface area contributed by atoms with Crippen LogP contribution in [-0.4, -0.2) is 42.6 Å². The van der Waals surface area contributed by atoms with Crippen LogP contribution in [0.5, 0.6) is 0 Å². The summed E-state index contributed by atoms with van der Waals surface area (Å²) in [5, 5.41) is 1.11. The first-order chi connectivity index (χ1) is 7.67. The monoisotopic (exact) mass is 291 g/mol. The van der Waals surface area contributed by atoms with Gasteiger partial charge in [0, 0.05) is 31.1 Å². The molecule has 1 aliphatic heterocycles. The lowest BCUT2D eigenvalue weighted by Crippen LogP contribution is -2.45. The molecule has 0 bridgehead atoms. The van der Waals surface area contributed by atoms with Crippen molar-refractivity contribution in [1.29, 1.82) is 0 Å². The van der Waals surface area contributed by atoms with Crippen LogP contribution < -0.4 is 0 Å². The van der Waals surface area contributed by atoms with Crippen LogP contribution in [0.15, 0.2) is 0 Å². The summed E-state index contributed by atoms with van der Waals surface area (Å²) in [5.74, 6) is 0. The van der Waals surface area contributed by atoms with Gasteiger partial charge in [0.15, 0.2) is 0 Å². The summed E-state index contributed by atoms with van der Waals surface area (Å²) in [7, 11) is 0. The molecular weight excluding hydrogens is 266 g/mol. The molecule has 0 amide bonds. The minimum absolute atomic E-state index is 0.442. The van der Waals surface area contributed by atoms with E-state index in [4.69, 9.17) is 4.74 Å². The van der Waals surface area contributed by atoms with E-state index >= 15 is 0 Å². The van der Waals surface area contributed by atoms with E-state index in [2.05, 4.69) is 41.6 Å². The summed E-state index contributed by atoms with van der Waals surface area (Å²) in [4.78, 5) is 2.62. The minimum Gasteiger partial charge on any atom is -0.381 e. The predicted molar refractivity (Wildman–Crippen MR) is 73.3 cm³/mol. The first kappa shape index (κ1) is 14.5. The Morgan fingerprint density at radius 2 is 1.94 bits per heavy atom. The molecule has 1 heterocycles. The molecule has 1 saturated heterocycles. The second kappa shape index (κ2) is 6.97. The van der Waals surface area contributed by atoms with Crippen molar-refractivity contribution in [3.63, 3.8) is 0 Å². The van der Waals surface area contributed by atoms with E-state index in [1.807, 2.05) is 0 Å². The van der Waals surface area contributed by atoms with E-state index in [0.29, 0.717) is 11.5 Å². The van der Waals surface area contributed by atoms with Gasteiger partial charge in [-0.2, -0.15) is 0 Å². The van der Waals surface area contributed by atoms with Crippen molar-refractivity contribution < 1.29 is 4.74 Å². The Hall–Kier alpha value is 0.400. The predicted octanol–water partition coefficient (Wildman–Crippen LogP) is 3.30. The fourth-order valence-electron chi connectivity index (χ4n) is 2.41. The lowest BCUT2D eigenvalue weighted by Gasteiger charge is -2.41. The summed E-state index contributed by atoms with van der Waals surface area (Å²) >= 11 is 3.71. The molecule has 1 aliphatic rings. The van der Waals surface area contributed by atoms with Crippen LogP contribution in [0.3, 0.4) is 0 Å². The molecule has 0 aromatic rings. The van der Waals surface area contributed by atoms with Gasteiger partial charge in [0.1, 0.15) is 0 Å². The molecule has 3 heteroatoms. The zero-order chi connectivity index (χ0) is 12.0. The van der Waals surface area contributed by atoms with Gasteiger partial charge in [-0.1, -0.05) is 29.8 Å². The average Bonchev–Trinajstić information content (AvgIpc) is 2.36. The van der Waals surface area contributed by atoms with Crippen molar-refractivity contribution >= 4 is 15.9 Å². The smallest absolute Gasteiger partial charge is 0.0472 e. The second-order valence-electron chi connectivity index (χ2n) is 5.07. The summed E-state index contributed by atoms with van der Waals surface area (Å²) in [6.07, 6.45) is 3.64. The molecule has 0 radical (unpaired) electrons. The van der Waals surface area contributed by atoms with Gasteiger partial charge in [0.2, 0.25) is 0 Å². The molecule has 0 aromatic carbocycles. The number of ether oxygens (including phenoxy) is 1. The van der Waals surface area contributed by atoms with E-state index in [-0.39, 0.29) is 0 Å². The third kappa shape index (κ3) is 3.71. The molecule has 0 spiro atoms. The number of alkyl halides is 1. The first-order valence-corrected chi connectivity index (χ1v) is 7.67. The van der Waals surface area contributed by atoms with Gasteiger partial charge in [-0.3, -0.25) is 0 Å². The Labute approximate surface area is 109 Å². The molecule has 0 aliphatic carbocycles. The number of hydrogen-bond donors (Lipinski definition) is 0. The Morgan fingerprint density at radius 3 is 2.38 bits per heavy atom. The lowest BCUT2D eigenvalue weighted by molar-refractivity contribution is 0.00247. The molecule has 1 unspecified atom stereocenters. The Kier molecular flexibility index (Phi) is 6.30. The Balaban J connectivity index is 2.58. The van der Waals surface area contributed by atoms with E-state index in [9.17, 15) is 0 Å². The van der Waals surface area contributed by atoms with Gasteiger partial charge in [-0.05, 0) is 38.1 Å². The number of rotatable bonds is 6. The van der Waals surface area contributed by atoms with Gasteiger partial charge in [0.05, 0.1) is 0 Å². The second-order valence-corrected chi connectivity index (χ2v) is 5.63. The van der Waals surface area contributed by atoms with Crippen LogP contribution in [0.1, 0.15) is 40.0 Å². The lowest BCUT2D eigenvalue weighted by atomic mass is 9.81. The number of halogens is 1. The quantitative estimate of drug-likeness (QED) is 0.696. The van der Waals surface area contributed by atoms with Gasteiger partial charge < -0.3 is 9.64 Å². The Bertz CT molecular complexity index is 192. The van der Waals surface area contributed by atoms with E-state index in [1.165, 1.54) is 25.8 Å². The van der Waals surface area contributed by atoms with Crippen LogP contribution in [0.2, 0.25) is 0 Å². The highest BCUT2D eigenvalue weighted by atomic mass is 79.9. The average molecular weight is 292 g/mol. The molecule has 1 atom stereocenters. The summed E-state index contributed by atoms with van der Waals surface area (Å²) in [6.45, 7) is 11.1. The number of nitrogens with zero attached hydrogens (tertiary/aromatic N) is 1. The molecule has 2 nitrogen and oxygen atoms in total. The molecular formula is C13H26BrNO. The molecule has 0 aromatic heterocycles. The molecule has 1 rings (SSSR count). The molecule has 1 fully saturated rings. The molecule has 96 valence electrons.